The van der Waals surface area contributed by atoms with Crippen LogP contribution >= 0.6 is 23.2 Å². The normalized spacial score (nSPS) is 15.1. The minimum atomic E-state index is -0.429. The Morgan fingerprint density at radius 1 is 1.03 bits per heavy atom. The van der Waals surface area contributed by atoms with Crippen LogP contribution in [0.3, 0.4) is 0 Å². The standard InChI is InChI=1S/C27H22Cl2N2O3/c1-2-15-33-20-8-3-17(4-9-20)26-25-22(23-16-19(29)7-12-24(23)30-25)13-14-31(26)27(32)34-21-10-5-18(28)6-11-21/h2-12,16,26,30H,1,13-15H2. The number of benzene rings is 3. The SMILES string of the molecule is C=CCOc1ccc(C2c3[nH]c4ccc(Cl)cc4c3CCN2C(=O)Oc2ccc(Cl)cc2)cc1. The number of aromatic amines is 1. The van der Waals surface area contributed by atoms with E-state index in [4.69, 9.17) is 32.7 Å². The van der Waals surface area contributed by atoms with E-state index < -0.39 is 6.09 Å². The van der Waals surface area contributed by atoms with Crippen LogP contribution in [-0.2, 0) is 6.42 Å². The van der Waals surface area contributed by atoms with Crippen molar-refractivity contribution in [3.05, 3.63) is 106 Å². The number of hydrogen-bond acceptors (Lipinski definition) is 3. The number of nitrogens with zero attached hydrogens (tertiary/aromatic N) is 1. The van der Waals surface area contributed by atoms with E-state index in [1.54, 1.807) is 35.2 Å². The third-order valence-corrected chi connectivity index (χ3v) is 6.39. The van der Waals surface area contributed by atoms with Gasteiger partial charge in [0.25, 0.3) is 0 Å². The lowest BCUT2D eigenvalue weighted by Gasteiger charge is -2.35. The highest BCUT2D eigenvalue weighted by Crippen LogP contribution is 2.40. The second kappa shape index (κ2) is 9.45. The molecular weight excluding hydrogens is 471 g/mol. The van der Waals surface area contributed by atoms with Crippen LogP contribution in [0.4, 0.5) is 4.79 Å². The van der Waals surface area contributed by atoms with Crippen LogP contribution in [-0.4, -0.2) is 29.1 Å². The molecule has 1 aliphatic rings. The Labute approximate surface area is 207 Å². The fourth-order valence-corrected chi connectivity index (χ4v) is 4.67. The quantitative estimate of drug-likeness (QED) is 0.300. The average molecular weight is 493 g/mol. The van der Waals surface area contributed by atoms with Crippen molar-refractivity contribution in [1.29, 1.82) is 0 Å². The summed E-state index contributed by atoms with van der Waals surface area (Å²) in [6.07, 6.45) is 1.95. The van der Waals surface area contributed by atoms with Gasteiger partial charge in [0.2, 0.25) is 0 Å². The Balaban J connectivity index is 1.54. The molecular formula is C27H22Cl2N2O3. The molecule has 4 aromatic rings. The van der Waals surface area contributed by atoms with Crippen molar-refractivity contribution in [2.24, 2.45) is 0 Å². The molecule has 1 amide bonds. The van der Waals surface area contributed by atoms with Gasteiger partial charge in [-0.15, -0.1) is 0 Å². The number of ether oxygens (including phenoxy) is 2. The van der Waals surface area contributed by atoms with Gasteiger partial charge in [-0.25, -0.2) is 4.79 Å². The number of nitrogens with one attached hydrogen (secondary N) is 1. The van der Waals surface area contributed by atoms with Crippen molar-refractivity contribution >= 4 is 40.2 Å². The molecule has 0 aliphatic carbocycles. The highest BCUT2D eigenvalue weighted by atomic mass is 35.5. The molecule has 172 valence electrons. The molecule has 1 aliphatic heterocycles. The number of fused-ring (bicyclic) bond motifs is 3. The maximum Gasteiger partial charge on any atom is 0.416 e. The molecule has 5 rings (SSSR count). The summed E-state index contributed by atoms with van der Waals surface area (Å²) in [6, 6.07) is 19.9. The molecule has 0 radical (unpaired) electrons. The van der Waals surface area contributed by atoms with E-state index in [-0.39, 0.29) is 6.04 Å². The zero-order chi connectivity index (χ0) is 23.7. The van der Waals surface area contributed by atoms with Crippen LogP contribution in [0.2, 0.25) is 10.0 Å². The maximum absolute atomic E-state index is 13.3. The molecule has 34 heavy (non-hydrogen) atoms. The van der Waals surface area contributed by atoms with Crippen molar-refractivity contribution in [3.8, 4) is 11.5 Å². The lowest BCUT2D eigenvalue weighted by molar-refractivity contribution is 0.135. The molecule has 1 N–H and O–H groups in total. The zero-order valence-corrected chi connectivity index (χ0v) is 19.8. The molecule has 0 bridgehead atoms. The van der Waals surface area contributed by atoms with Gasteiger partial charge in [-0.05, 0) is 72.1 Å². The Morgan fingerprint density at radius 2 is 1.74 bits per heavy atom. The van der Waals surface area contributed by atoms with Gasteiger partial charge in [0.1, 0.15) is 24.1 Å². The Hall–Kier alpha value is -3.41. The first kappa shape index (κ1) is 22.4. The number of hydrogen-bond donors (Lipinski definition) is 1. The zero-order valence-electron chi connectivity index (χ0n) is 18.3. The van der Waals surface area contributed by atoms with Crippen LogP contribution in [0.25, 0.3) is 10.9 Å². The average Bonchev–Trinajstić information content (AvgIpc) is 3.21. The van der Waals surface area contributed by atoms with Crippen LogP contribution in [0.15, 0.2) is 79.4 Å². The lowest BCUT2D eigenvalue weighted by atomic mass is 9.92. The molecule has 2 heterocycles. The summed E-state index contributed by atoms with van der Waals surface area (Å²) in [7, 11) is 0. The molecule has 0 saturated heterocycles. The van der Waals surface area contributed by atoms with Gasteiger partial charge in [-0.3, -0.25) is 4.90 Å². The summed E-state index contributed by atoms with van der Waals surface area (Å²) in [6.45, 7) is 4.61. The predicted molar refractivity (Wildman–Crippen MR) is 135 cm³/mol. The van der Waals surface area contributed by atoms with Gasteiger partial charge in [-0.2, -0.15) is 0 Å². The fraction of sp³-hybridized carbons (Fsp3) is 0.148. The Bertz CT molecular complexity index is 1350. The van der Waals surface area contributed by atoms with Gasteiger partial charge in [0.05, 0.1) is 0 Å². The number of aromatic nitrogens is 1. The van der Waals surface area contributed by atoms with Gasteiger partial charge in [0, 0.05) is 33.2 Å². The summed E-state index contributed by atoms with van der Waals surface area (Å²) < 4.78 is 11.3. The summed E-state index contributed by atoms with van der Waals surface area (Å²) >= 11 is 12.3. The number of halogens is 2. The third-order valence-electron chi connectivity index (χ3n) is 5.91. The van der Waals surface area contributed by atoms with Crippen LogP contribution in [0, 0.1) is 0 Å². The van der Waals surface area contributed by atoms with E-state index in [0.717, 1.165) is 33.5 Å². The van der Waals surface area contributed by atoms with Crippen LogP contribution < -0.4 is 9.47 Å². The number of amides is 1. The molecule has 5 nitrogen and oxygen atoms in total. The van der Waals surface area contributed by atoms with Crippen LogP contribution in [0.5, 0.6) is 11.5 Å². The number of H-pyrrole nitrogens is 1. The highest BCUT2D eigenvalue weighted by molar-refractivity contribution is 6.31. The predicted octanol–water partition coefficient (Wildman–Crippen LogP) is 7.19. The molecule has 3 aromatic carbocycles. The van der Waals surface area contributed by atoms with E-state index in [1.807, 2.05) is 42.5 Å². The first-order chi connectivity index (χ1) is 16.5. The van der Waals surface area contributed by atoms with E-state index in [1.165, 1.54) is 0 Å². The van der Waals surface area contributed by atoms with E-state index in [2.05, 4.69) is 11.6 Å². The lowest BCUT2D eigenvalue weighted by Crippen LogP contribution is -2.42. The topological polar surface area (TPSA) is 54.6 Å². The molecule has 0 spiro atoms. The van der Waals surface area contributed by atoms with E-state index in [0.29, 0.717) is 35.4 Å². The Morgan fingerprint density at radius 3 is 2.47 bits per heavy atom. The molecule has 7 heteroatoms. The van der Waals surface area contributed by atoms with Crippen LogP contribution in [0.1, 0.15) is 22.9 Å². The van der Waals surface area contributed by atoms with Gasteiger partial charge < -0.3 is 14.5 Å². The molecule has 1 unspecified atom stereocenters. The van der Waals surface area contributed by atoms with Crippen molar-refractivity contribution in [2.45, 2.75) is 12.5 Å². The molecule has 0 fully saturated rings. The summed E-state index contributed by atoms with van der Waals surface area (Å²) in [5, 5.41) is 2.33. The van der Waals surface area contributed by atoms with Gasteiger partial charge >= 0.3 is 6.09 Å². The highest BCUT2D eigenvalue weighted by Gasteiger charge is 2.35. The number of carbonyl (C=O) groups excluding carboxylic acids is 1. The fourth-order valence-electron chi connectivity index (χ4n) is 4.37. The minimum Gasteiger partial charge on any atom is -0.490 e. The first-order valence-corrected chi connectivity index (χ1v) is 11.7. The van der Waals surface area contributed by atoms with E-state index in [9.17, 15) is 4.79 Å². The first-order valence-electron chi connectivity index (χ1n) is 10.9. The van der Waals surface area contributed by atoms with Gasteiger partial charge in [-0.1, -0.05) is 48.0 Å². The molecule has 0 saturated carbocycles. The second-order valence-corrected chi connectivity index (χ2v) is 8.92. The van der Waals surface area contributed by atoms with Gasteiger partial charge in [0.15, 0.2) is 0 Å². The Kier molecular flexibility index (Phi) is 6.22. The summed E-state index contributed by atoms with van der Waals surface area (Å²) in [5.74, 6) is 1.17. The smallest absolute Gasteiger partial charge is 0.416 e. The largest absolute Gasteiger partial charge is 0.490 e. The summed E-state index contributed by atoms with van der Waals surface area (Å²) in [5.41, 5.74) is 4.04. The third kappa shape index (κ3) is 4.37. The second-order valence-electron chi connectivity index (χ2n) is 8.04. The number of carbonyl (C=O) groups is 1. The maximum atomic E-state index is 13.3. The summed E-state index contributed by atoms with van der Waals surface area (Å²) in [4.78, 5) is 18.6. The monoisotopic (exact) mass is 492 g/mol. The minimum absolute atomic E-state index is 0.358. The van der Waals surface area contributed by atoms with Crippen molar-refractivity contribution < 1.29 is 14.3 Å². The number of rotatable bonds is 5. The molecule has 1 aromatic heterocycles. The van der Waals surface area contributed by atoms with E-state index >= 15 is 0 Å². The van der Waals surface area contributed by atoms with Crippen molar-refractivity contribution in [1.82, 2.24) is 9.88 Å². The molecule has 1 atom stereocenters. The van der Waals surface area contributed by atoms with Crippen molar-refractivity contribution in [2.75, 3.05) is 13.2 Å². The van der Waals surface area contributed by atoms with Crippen molar-refractivity contribution in [3.63, 3.8) is 0 Å².